The van der Waals surface area contributed by atoms with Crippen LogP contribution >= 0.6 is 0 Å². The largest absolute Gasteiger partial charge is 0.481 e. The number of hydrogen-bond acceptors (Lipinski definition) is 4. The minimum Gasteiger partial charge on any atom is -0.481 e. The summed E-state index contributed by atoms with van der Waals surface area (Å²) in [6.07, 6.45) is 3.03. The second kappa shape index (κ2) is 6.89. The molecule has 2 rings (SSSR count). The summed E-state index contributed by atoms with van der Waals surface area (Å²) in [6, 6.07) is -0.564. The Morgan fingerprint density at radius 2 is 1.95 bits per heavy atom. The fraction of sp³-hybridized carbons (Fsp3) is 0.786. The van der Waals surface area contributed by atoms with Gasteiger partial charge in [-0.2, -0.15) is 0 Å². The van der Waals surface area contributed by atoms with Gasteiger partial charge in [0, 0.05) is 19.4 Å². The molecule has 2 fully saturated rings. The number of amides is 3. The first-order valence-electron chi connectivity index (χ1n) is 7.39. The zero-order chi connectivity index (χ0) is 15.4. The Balaban J connectivity index is 1.71. The lowest BCUT2D eigenvalue weighted by molar-refractivity contribution is -0.138. The van der Waals surface area contributed by atoms with Crippen LogP contribution in [0.1, 0.15) is 39.0 Å². The van der Waals surface area contributed by atoms with Crippen molar-refractivity contribution in [2.75, 3.05) is 6.61 Å². The Hall–Kier alpha value is -1.63. The molecule has 1 heterocycles. The number of imide groups is 1. The fourth-order valence-corrected chi connectivity index (χ4v) is 2.72. The standard InChI is InChI=1S/C14H22N2O5/c1-8(7-12(18)19)6-11(17)16-14(20)15-10-4-5-21-13(10)9-2-3-9/h8-10,13H,2-7H2,1H3,(H,18,19)(H2,15,16,17,20). The molecule has 21 heavy (non-hydrogen) atoms. The van der Waals surface area contributed by atoms with Crippen LogP contribution in [0.15, 0.2) is 0 Å². The number of carbonyl (C=O) groups excluding carboxylic acids is 2. The Morgan fingerprint density at radius 1 is 1.24 bits per heavy atom. The number of nitrogens with one attached hydrogen (secondary N) is 2. The number of carbonyl (C=O) groups is 3. The number of hydrogen-bond donors (Lipinski definition) is 3. The lowest BCUT2D eigenvalue weighted by atomic mass is 10.0. The molecule has 2 aliphatic rings. The van der Waals surface area contributed by atoms with E-state index in [4.69, 9.17) is 9.84 Å². The van der Waals surface area contributed by atoms with E-state index in [9.17, 15) is 14.4 Å². The van der Waals surface area contributed by atoms with E-state index in [-0.39, 0.29) is 30.9 Å². The molecule has 3 amide bonds. The Kier molecular flexibility index (Phi) is 5.17. The quantitative estimate of drug-likeness (QED) is 0.675. The molecule has 0 spiro atoms. The van der Waals surface area contributed by atoms with Crippen molar-refractivity contribution >= 4 is 17.9 Å². The topological polar surface area (TPSA) is 105 Å². The van der Waals surface area contributed by atoms with Crippen LogP contribution in [0.25, 0.3) is 0 Å². The average Bonchev–Trinajstić information content (AvgIpc) is 3.09. The smallest absolute Gasteiger partial charge is 0.321 e. The van der Waals surface area contributed by atoms with Crippen LogP contribution in [0, 0.1) is 11.8 Å². The lowest BCUT2D eigenvalue weighted by Gasteiger charge is -2.19. The SMILES string of the molecule is CC(CC(=O)O)CC(=O)NC(=O)NC1CCOC1C1CC1. The Bertz CT molecular complexity index is 422. The molecule has 0 aromatic heterocycles. The third-order valence-electron chi connectivity index (χ3n) is 3.85. The second-order valence-electron chi connectivity index (χ2n) is 6.00. The maximum Gasteiger partial charge on any atom is 0.321 e. The molecule has 3 N–H and O–H groups in total. The summed E-state index contributed by atoms with van der Waals surface area (Å²) in [5.41, 5.74) is 0. The number of carboxylic acid groups (broad SMARTS) is 1. The molecular weight excluding hydrogens is 276 g/mol. The minimum atomic E-state index is -0.949. The van der Waals surface area contributed by atoms with Gasteiger partial charge in [-0.1, -0.05) is 6.92 Å². The van der Waals surface area contributed by atoms with E-state index in [0.717, 1.165) is 19.3 Å². The Morgan fingerprint density at radius 3 is 2.57 bits per heavy atom. The minimum absolute atomic E-state index is 0.0208. The van der Waals surface area contributed by atoms with Crippen LogP contribution < -0.4 is 10.6 Å². The summed E-state index contributed by atoms with van der Waals surface area (Å²) in [5, 5.41) is 13.7. The summed E-state index contributed by atoms with van der Waals surface area (Å²) >= 11 is 0. The van der Waals surface area contributed by atoms with Gasteiger partial charge in [0.25, 0.3) is 0 Å². The van der Waals surface area contributed by atoms with E-state index >= 15 is 0 Å². The molecule has 3 unspecified atom stereocenters. The zero-order valence-electron chi connectivity index (χ0n) is 12.1. The first-order chi connectivity index (χ1) is 9.95. The molecule has 3 atom stereocenters. The molecule has 118 valence electrons. The van der Waals surface area contributed by atoms with Gasteiger partial charge in [-0.05, 0) is 31.1 Å². The van der Waals surface area contributed by atoms with Crippen LogP contribution in [-0.4, -0.2) is 41.8 Å². The highest BCUT2D eigenvalue weighted by Gasteiger charge is 2.41. The second-order valence-corrected chi connectivity index (χ2v) is 6.00. The number of urea groups is 1. The van der Waals surface area contributed by atoms with Crippen molar-refractivity contribution in [1.82, 2.24) is 10.6 Å². The fourth-order valence-electron chi connectivity index (χ4n) is 2.72. The number of rotatable bonds is 6. The molecule has 1 saturated carbocycles. The number of aliphatic carboxylic acids is 1. The highest BCUT2D eigenvalue weighted by Crippen LogP contribution is 2.38. The van der Waals surface area contributed by atoms with E-state index in [1.54, 1.807) is 6.92 Å². The predicted octanol–water partition coefficient (Wildman–Crippen LogP) is 0.881. The van der Waals surface area contributed by atoms with Crippen LogP contribution in [0.3, 0.4) is 0 Å². The average molecular weight is 298 g/mol. The van der Waals surface area contributed by atoms with Gasteiger partial charge in [0.1, 0.15) is 0 Å². The first kappa shape index (κ1) is 15.8. The van der Waals surface area contributed by atoms with Crippen LogP contribution in [0.2, 0.25) is 0 Å². The van der Waals surface area contributed by atoms with Crippen LogP contribution in [0.4, 0.5) is 4.79 Å². The van der Waals surface area contributed by atoms with Crippen molar-refractivity contribution in [3.05, 3.63) is 0 Å². The van der Waals surface area contributed by atoms with Crippen molar-refractivity contribution in [1.29, 1.82) is 0 Å². The van der Waals surface area contributed by atoms with Gasteiger partial charge in [-0.15, -0.1) is 0 Å². The molecule has 0 bridgehead atoms. The Labute approximate surface area is 123 Å². The number of ether oxygens (including phenoxy) is 1. The summed E-state index contributed by atoms with van der Waals surface area (Å²) in [7, 11) is 0. The van der Waals surface area contributed by atoms with Gasteiger partial charge >= 0.3 is 12.0 Å². The highest BCUT2D eigenvalue weighted by atomic mass is 16.5. The summed E-state index contributed by atoms with van der Waals surface area (Å²) < 4.78 is 5.61. The molecule has 1 aliphatic heterocycles. The monoisotopic (exact) mass is 298 g/mol. The van der Waals surface area contributed by atoms with E-state index in [1.165, 1.54) is 0 Å². The van der Waals surface area contributed by atoms with E-state index in [0.29, 0.717) is 12.5 Å². The van der Waals surface area contributed by atoms with Crippen molar-refractivity contribution in [2.45, 2.75) is 51.2 Å². The maximum atomic E-state index is 11.8. The predicted molar refractivity (Wildman–Crippen MR) is 73.6 cm³/mol. The normalized spacial score (nSPS) is 26.1. The lowest BCUT2D eigenvalue weighted by Crippen LogP contribution is -2.48. The molecule has 0 aromatic carbocycles. The molecule has 0 aromatic rings. The van der Waals surface area contributed by atoms with E-state index in [2.05, 4.69) is 10.6 Å². The maximum absolute atomic E-state index is 11.8. The van der Waals surface area contributed by atoms with Gasteiger partial charge in [-0.3, -0.25) is 14.9 Å². The molecule has 1 aliphatic carbocycles. The first-order valence-corrected chi connectivity index (χ1v) is 7.39. The van der Waals surface area contributed by atoms with Crippen molar-refractivity contribution in [3.63, 3.8) is 0 Å². The van der Waals surface area contributed by atoms with Crippen LogP contribution in [0.5, 0.6) is 0 Å². The third kappa shape index (κ3) is 5.00. The molecular formula is C14H22N2O5. The summed E-state index contributed by atoms with van der Waals surface area (Å²) in [6.45, 7) is 2.30. The van der Waals surface area contributed by atoms with Crippen molar-refractivity contribution < 1.29 is 24.2 Å². The molecule has 7 heteroatoms. The number of carboxylic acids is 1. The van der Waals surface area contributed by atoms with Gasteiger partial charge in [0.05, 0.1) is 12.1 Å². The van der Waals surface area contributed by atoms with Crippen molar-refractivity contribution in [3.8, 4) is 0 Å². The summed E-state index contributed by atoms with van der Waals surface area (Å²) in [5.74, 6) is -1.17. The molecule has 1 saturated heterocycles. The molecule has 7 nitrogen and oxygen atoms in total. The van der Waals surface area contributed by atoms with Crippen molar-refractivity contribution in [2.24, 2.45) is 11.8 Å². The van der Waals surface area contributed by atoms with Gasteiger partial charge in [-0.25, -0.2) is 4.79 Å². The van der Waals surface area contributed by atoms with E-state index < -0.39 is 17.9 Å². The van der Waals surface area contributed by atoms with Gasteiger partial charge < -0.3 is 15.2 Å². The zero-order valence-corrected chi connectivity index (χ0v) is 12.1. The van der Waals surface area contributed by atoms with E-state index in [1.807, 2.05) is 0 Å². The van der Waals surface area contributed by atoms with Gasteiger partial charge in [0.15, 0.2) is 0 Å². The highest BCUT2D eigenvalue weighted by molar-refractivity contribution is 5.94. The summed E-state index contributed by atoms with van der Waals surface area (Å²) in [4.78, 5) is 34.0. The van der Waals surface area contributed by atoms with Gasteiger partial charge in [0.2, 0.25) is 5.91 Å². The third-order valence-corrected chi connectivity index (χ3v) is 3.85. The van der Waals surface area contributed by atoms with Crippen LogP contribution in [-0.2, 0) is 14.3 Å². The molecule has 0 radical (unpaired) electrons.